The monoisotopic (exact) mass is 284 g/mol. The van der Waals surface area contributed by atoms with Crippen molar-refractivity contribution in [2.24, 2.45) is 11.7 Å². The molecule has 0 saturated heterocycles. The molecule has 3 N–H and O–H groups in total. The van der Waals surface area contributed by atoms with E-state index in [2.05, 4.69) is 5.32 Å². The molecular formula is C15H22F2N2O. The van der Waals surface area contributed by atoms with Crippen LogP contribution in [0.4, 0.5) is 8.78 Å². The third-order valence-electron chi connectivity index (χ3n) is 3.06. The Kier molecular flexibility index (Phi) is 7.15. The largest absolute Gasteiger partial charge is 0.356 e. The normalized spacial score (nSPS) is 12.2. The molecule has 0 heterocycles. The minimum absolute atomic E-state index is 0.0409. The van der Waals surface area contributed by atoms with Gasteiger partial charge in [-0.1, -0.05) is 6.92 Å². The van der Waals surface area contributed by atoms with Gasteiger partial charge in [0.1, 0.15) is 11.6 Å². The molecule has 0 fully saturated rings. The highest BCUT2D eigenvalue weighted by molar-refractivity contribution is 5.76. The second kappa shape index (κ2) is 8.64. The van der Waals surface area contributed by atoms with Crippen molar-refractivity contribution in [2.45, 2.75) is 32.6 Å². The van der Waals surface area contributed by atoms with Crippen molar-refractivity contribution >= 4 is 5.91 Å². The molecule has 112 valence electrons. The predicted octanol–water partition coefficient (Wildman–Crippen LogP) is 2.39. The second-order valence-electron chi connectivity index (χ2n) is 5.09. The summed E-state index contributed by atoms with van der Waals surface area (Å²) >= 11 is 0. The first-order valence-corrected chi connectivity index (χ1v) is 6.93. The molecule has 0 bridgehead atoms. The van der Waals surface area contributed by atoms with Gasteiger partial charge in [0.2, 0.25) is 5.91 Å². The minimum atomic E-state index is -0.458. The molecule has 1 aromatic carbocycles. The van der Waals surface area contributed by atoms with E-state index >= 15 is 0 Å². The van der Waals surface area contributed by atoms with Crippen molar-refractivity contribution in [1.29, 1.82) is 0 Å². The number of halogens is 2. The summed E-state index contributed by atoms with van der Waals surface area (Å²) in [4.78, 5) is 11.6. The molecule has 1 unspecified atom stereocenters. The van der Waals surface area contributed by atoms with Crippen LogP contribution in [-0.4, -0.2) is 19.0 Å². The molecule has 1 amide bonds. The van der Waals surface area contributed by atoms with Crippen LogP contribution in [0.2, 0.25) is 0 Å². The Morgan fingerprint density at radius 2 is 2.10 bits per heavy atom. The molecule has 1 aromatic rings. The van der Waals surface area contributed by atoms with Gasteiger partial charge in [-0.05, 0) is 55.5 Å². The number of benzene rings is 1. The standard InChI is InChI=1S/C15H22F2N2O/c1-11(9-15(20)19-7-3-2-6-18)8-12-10-13(16)4-5-14(12)17/h4-5,10-11H,2-3,6-9,18H2,1H3,(H,19,20). The quantitative estimate of drug-likeness (QED) is 0.720. The number of hydrogen-bond donors (Lipinski definition) is 2. The van der Waals surface area contributed by atoms with Gasteiger partial charge < -0.3 is 11.1 Å². The molecule has 0 radical (unpaired) electrons. The Balaban J connectivity index is 2.37. The van der Waals surface area contributed by atoms with Gasteiger partial charge in [-0.25, -0.2) is 8.78 Å². The number of hydrogen-bond acceptors (Lipinski definition) is 2. The van der Waals surface area contributed by atoms with Gasteiger partial charge in [0.25, 0.3) is 0 Å². The minimum Gasteiger partial charge on any atom is -0.356 e. The molecule has 0 saturated carbocycles. The smallest absolute Gasteiger partial charge is 0.220 e. The van der Waals surface area contributed by atoms with E-state index in [0.29, 0.717) is 31.5 Å². The van der Waals surface area contributed by atoms with E-state index in [-0.39, 0.29) is 11.8 Å². The van der Waals surface area contributed by atoms with Gasteiger partial charge in [-0.3, -0.25) is 4.79 Å². The summed E-state index contributed by atoms with van der Waals surface area (Å²) in [6.45, 7) is 3.08. The fourth-order valence-corrected chi connectivity index (χ4v) is 2.03. The zero-order valence-corrected chi connectivity index (χ0v) is 11.8. The van der Waals surface area contributed by atoms with Gasteiger partial charge in [-0.2, -0.15) is 0 Å². The number of carbonyl (C=O) groups is 1. The van der Waals surface area contributed by atoms with E-state index < -0.39 is 11.6 Å². The summed E-state index contributed by atoms with van der Waals surface area (Å²) in [6, 6.07) is 3.39. The van der Waals surface area contributed by atoms with E-state index in [4.69, 9.17) is 5.73 Å². The van der Waals surface area contributed by atoms with Crippen LogP contribution in [0.3, 0.4) is 0 Å². The molecule has 0 spiro atoms. The third kappa shape index (κ3) is 6.10. The van der Waals surface area contributed by atoms with Crippen LogP contribution in [0.1, 0.15) is 31.7 Å². The Bertz CT molecular complexity index is 438. The van der Waals surface area contributed by atoms with Crippen LogP contribution in [0, 0.1) is 17.6 Å². The Morgan fingerprint density at radius 1 is 1.35 bits per heavy atom. The molecule has 0 aromatic heterocycles. The number of carbonyl (C=O) groups excluding carboxylic acids is 1. The van der Waals surface area contributed by atoms with Gasteiger partial charge in [0.15, 0.2) is 0 Å². The summed E-state index contributed by atoms with van der Waals surface area (Å²) in [6.07, 6.45) is 2.39. The molecule has 1 atom stereocenters. The fourth-order valence-electron chi connectivity index (χ4n) is 2.03. The topological polar surface area (TPSA) is 55.1 Å². The first-order chi connectivity index (χ1) is 9.52. The highest BCUT2D eigenvalue weighted by Crippen LogP contribution is 2.16. The maximum Gasteiger partial charge on any atom is 0.220 e. The number of nitrogens with two attached hydrogens (primary N) is 1. The number of unbranched alkanes of at least 4 members (excludes halogenated alkanes) is 1. The highest BCUT2D eigenvalue weighted by atomic mass is 19.1. The van der Waals surface area contributed by atoms with Crippen molar-refractivity contribution in [2.75, 3.05) is 13.1 Å². The second-order valence-corrected chi connectivity index (χ2v) is 5.09. The van der Waals surface area contributed by atoms with Gasteiger partial charge in [0.05, 0.1) is 0 Å². The van der Waals surface area contributed by atoms with E-state index in [1.54, 1.807) is 0 Å². The predicted molar refractivity (Wildman–Crippen MR) is 75.1 cm³/mol. The van der Waals surface area contributed by atoms with Crippen LogP contribution in [0.5, 0.6) is 0 Å². The first-order valence-electron chi connectivity index (χ1n) is 6.93. The molecule has 0 aliphatic carbocycles. The van der Waals surface area contributed by atoms with Crippen LogP contribution in [0.25, 0.3) is 0 Å². The highest BCUT2D eigenvalue weighted by Gasteiger charge is 2.12. The van der Waals surface area contributed by atoms with Gasteiger partial charge in [0, 0.05) is 13.0 Å². The summed E-state index contributed by atoms with van der Waals surface area (Å²) in [7, 11) is 0. The molecule has 20 heavy (non-hydrogen) atoms. The van der Waals surface area contributed by atoms with Crippen molar-refractivity contribution in [3.05, 3.63) is 35.4 Å². The van der Waals surface area contributed by atoms with Crippen molar-refractivity contribution in [3.63, 3.8) is 0 Å². The van der Waals surface area contributed by atoms with E-state index in [9.17, 15) is 13.6 Å². The van der Waals surface area contributed by atoms with E-state index in [0.717, 1.165) is 25.0 Å². The first kappa shape index (κ1) is 16.6. The van der Waals surface area contributed by atoms with Crippen LogP contribution in [0.15, 0.2) is 18.2 Å². The Morgan fingerprint density at radius 3 is 2.80 bits per heavy atom. The van der Waals surface area contributed by atoms with Gasteiger partial charge in [-0.15, -0.1) is 0 Å². The average molecular weight is 284 g/mol. The Labute approximate surface area is 118 Å². The van der Waals surface area contributed by atoms with Crippen molar-refractivity contribution in [3.8, 4) is 0 Å². The van der Waals surface area contributed by atoms with Crippen LogP contribution in [-0.2, 0) is 11.2 Å². The average Bonchev–Trinajstić information content (AvgIpc) is 2.39. The number of amides is 1. The lowest BCUT2D eigenvalue weighted by atomic mass is 9.97. The molecule has 0 aliphatic rings. The maximum atomic E-state index is 13.5. The lowest BCUT2D eigenvalue weighted by molar-refractivity contribution is -0.121. The fraction of sp³-hybridized carbons (Fsp3) is 0.533. The lowest BCUT2D eigenvalue weighted by Gasteiger charge is -2.12. The number of nitrogens with one attached hydrogen (secondary N) is 1. The Hall–Kier alpha value is -1.49. The number of rotatable bonds is 8. The summed E-state index contributed by atoms with van der Waals surface area (Å²) in [5.74, 6) is -0.992. The summed E-state index contributed by atoms with van der Waals surface area (Å²) < 4.78 is 26.5. The van der Waals surface area contributed by atoms with E-state index in [1.165, 1.54) is 6.07 Å². The molecular weight excluding hydrogens is 262 g/mol. The summed E-state index contributed by atoms with van der Waals surface area (Å²) in [5, 5.41) is 2.80. The van der Waals surface area contributed by atoms with Crippen LogP contribution >= 0.6 is 0 Å². The van der Waals surface area contributed by atoms with Crippen molar-refractivity contribution in [1.82, 2.24) is 5.32 Å². The lowest BCUT2D eigenvalue weighted by Crippen LogP contribution is -2.26. The maximum absolute atomic E-state index is 13.5. The zero-order chi connectivity index (χ0) is 15.0. The van der Waals surface area contributed by atoms with Gasteiger partial charge >= 0.3 is 0 Å². The summed E-state index contributed by atoms with van der Waals surface area (Å²) in [5.41, 5.74) is 5.67. The van der Waals surface area contributed by atoms with Crippen LogP contribution < -0.4 is 11.1 Å². The molecule has 3 nitrogen and oxygen atoms in total. The SMILES string of the molecule is CC(CC(=O)NCCCCN)Cc1cc(F)ccc1F. The van der Waals surface area contributed by atoms with Crippen molar-refractivity contribution < 1.29 is 13.6 Å². The third-order valence-corrected chi connectivity index (χ3v) is 3.06. The molecule has 5 heteroatoms. The molecule has 0 aliphatic heterocycles. The molecule has 1 rings (SSSR count). The van der Waals surface area contributed by atoms with E-state index in [1.807, 2.05) is 6.92 Å². The zero-order valence-electron chi connectivity index (χ0n) is 11.8.